The Morgan fingerprint density at radius 2 is 1.96 bits per heavy atom. The van der Waals surface area contributed by atoms with E-state index >= 15 is 0 Å². The van der Waals surface area contributed by atoms with Crippen molar-refractivity contribution >= 4 is 38.3 Å². The summed E-state index contributed by atoms with van der Waals surface area (Å²) in [5.74, 6) is -1.55. The summed E-state index contributed by atoms with van der Waals surface area (Å²) in [7, 11) is 1.58. The van der Waals surface area contributed by atoms with Gasteiger partial charge in [-0.1, -0.05) is 29.5 Å². The molecule has 142 valence electrons. The van der Waals surface area contributed by atoms with Crippen LogP contribution in [0.4, 0.5) is 28.4 Å². The summed E-state index contributed by atoms with van der Waals surface area (Å²) >= 11 is 1.20. The highest BCUT2D eigenvalue weighted by Crippen LogP contribution is 2.31. The van der Waals surface area contributed by atoms with Crippen LogP contribution in [-0.4, -0.2) is 30.8 Å². The third-order valence-electron chi connectivity index (χ3n) is 3.45. The van der Waals surface area contributed by atoms with E-state index in [4.69, 9.17) is 0 Å². The van der Waals surface area contributed by atoms with Gasteiger partial charge in [-0.2, -0.15) is 0 Å². The van der Waals surface area contributed by atoms with Crippen molar-refractivity contribution in [2.75, 3.05) is 23.8 Å². The number of thiazole rings is 1. The summed E-state index contributed by atoms with van der Waals surface area (Å²) in [4.78, 5) is 17.8. The zero-order valence-electron chi connectivity index (χ0n) is 13.9. The Bertz CT molecular complexity index is 974. The fraction of sp³-hybridized carbons (Fsp3) is 0.176. The van der Waals surface area contributed by atoms with Gasteiger partial charge in [0.15, 0.2) is 10.9 Å². The molecule has 1 aromatic heterocycles. The van der Waals surface area contributed by atoms with Crippen molar-refractivity contribution in [1.29, 1.82) is 0 Å². The van der Waals surface area contributed by atoms with Gasteiger partial charge in [-0.3, -0.25) is 4.79 Å². The van der Waals surface area contributed by atoms with Crippen molar-refractivity contribution in [2.45, 2.75) is 6.36 Å². The molecule has 1 N–H and O–H groups in total. The van der Waals surface area contributed by atoms with Gasteiger partial charge in [-0.05, 0) is 24.3 Å². The summed E-state index contributed by atoms with van der Waals surface area (Å²) in [5, 5.41) is 2.78. The molecule has 0 aliphatic carbocycles. The maximum absolute atomic E-state index is 13.7. The third kappa shape index (κ3) is 4.64. The van der Waals surface area contributed by atoms with Crippen LogP contribution in [0.1, 0.15) is 0 Å². The molecule has 27 heavy (non-hydrogen) atoms. The number of carbonyl (C=O) groups excluding carboxylic acids is 1. The molecule has 0 aliphatic heterocycles. The number of aromatic nitrogens is 1. The number of benzene rings is 2. The summed E-state index contributed by atoms with van der Waals surface area (Å²) in [6.07, 6.45) is -4.87. The molecule has 0 unspecified atom stereocenters. The molecular formula is C17H13F4N3O2S. The van der Waals surface area contributed by atoms with Gasteiger partial charge in [0.2, 0.25) is 5.91 Å². The fourth-order valence-corrected chi connectivity index (χ4v) is 3.26. The van der Waals surface area contributed by atoms with Gasteiger partial charge in [0.05, 0.1) is 16.9 Å². The van der Waals surface area contributed by atoms with Crippen LogP contribution in [0.3, 0.4) is 0 Å². The van der Waals surface area contributed by atoms with Crippen molar-refractivity contribution in [3.63, 3.8) is 0 Å². The minimum Gasteiger partial charge on any atom is -0.404 e. The van der Waals surface area contributed by atoms with Gasteiger partial charge in [0.25, 0.3) is 0 Å². The number of anilines is 2. The van der Waals surface area contributed by atoms with Crippen molar-refractivity contribution < 1.29 is 27.1 Å². The molecule has 0 aliphatic rings. The van der Waals surface area contributed by atoms with Gasteiger partial charge in [0.1, 0.15) is 11.3 Å². The van der Waals surface area contributed by atoms with E-state index in [-0.39, 0.29) is 17.7 Å². The van der Waals surface area contributed by atoms with Crippen LogP contribution in [0.2, 0.25) is 0 Å². The maximum atomic E-state index is 13.7. The van der Waals surface area contributed by atoms with E-state index in [1.807, 2.05) is 0 Å². The quantitative estimate of drug-likeness (QED) is 0.646. The first-order valence-corrected chi connectivity index (χ1v) is 8.45. The molecular weight excluding hydrogens is 386 g/mol. The Hall–Kier alpha value is -2.88. The highest BCUT2D eigenvalue weighted by molar-refractivity contribution is 7.22. The second kappa shape index (κ2) is 7.39. The van der Waals surface area contributed by atoms with Gasteiger partial charge in [-0.25, -0.2) is 9.37 Å². The van der Waals surface area contributed by atoms with Crippen LogP contribution in [0, 0.1) is 5.82 Å². The molecule has 0 fully saturated rings. The number of amides is 1. The number of hydrogen-bond acceptors (Lipinski definition) is 5. The van der Waals surface area contributed by atoms with Gasteiger partial charge in [0, 0.05) is 7.05 Å². The van der Waals surface area contributed by atoms with Crippen LogP contribution in [0.5, 0.6) is 5.75 Å². The van der Waals surface area contributed by atoms with Crippen molar-refractivity contribution in [2.24, 2.45) is 0 Å². The molecule has 3 rings (SSSR count). The first-order chi connectivity index (χ1) is 12.7. The van der Waals surface area contributed by atoms with Crippen molar-refractivity contribution in [3.05, 3.63) is 48.3 Å². The lowest BCUT2D eigenvalue weighted by Crippen LogP contribution is -2.30. The second-order valence-electron chi connectivity index (χ2n) is 5.53. The zero-order chi connectivity index (χ0) is 19.6. The largest absolute Gasteiger partial charge is 0.573 e. The van der Waals surface area contributed by atoms with E-state index < -0.39 is 23.8 Å². The molecule has 0 saturated carbocycles. The molecule has 5 nitrogen and oxygen atoms in total. The minimum absolute atomic E-state index is 0.108. The number of halogens is 4. The highest BCUT2D eigenvalue weighted by Gasteiger charge is 2.32. The lowest BCUT2D eigenvalue weighted by atomic mass is 10.3. The summed E-state index contributed by atoms with van der Waals surface area (Å²) in [6.45, 7) is -0.193. The molecule has 0 atom stereocenters. The molecule has 0 bridgehead atoms. The van der Waals surface area contributed by atoms with E-state index in [2.05, 4.69) is 15.0 Å². The summed E-state index contributed by atoms with van der Waals surface area (Å²) < 4.78 is 55.6. The zero-order valence-corrected chi connectivity index (χ0v) is 14.7. The van der Waals surface area contributed by atoms with Crippen LogP contribution >= 0.6 is 11.3 Å². The fourth-order valence-electron chi connectivity index (χ4n) is 2.32. The van der Waals surface area contributed by atoms with Crippen molar-refractivity contribution in [3.8, 4) is 5.75 Å². The number of carbonyl (C=O) groups is 1. The number of nitrogens with one attached hydrogen (secondary N) is 1. The standard InChI is InChI=1S/C17H13F4N3O2S/c1-24(16-23-15-10(18)5-4-8-13(15)27-16)9-14(25)22-11-6-2-3-7-12(11)26-17(19,20)21/h2-8H,9H2,1H3,(H,22,25). The highest BCUT2D eigenvalue weighted by atomic mass is 32.1. The number of fused-ring (bicyclic) bond motifs is 1. The lowest BCUT2D eigenvalue weighted by Gasteiger charge is -2.17. The average molecular weight is 399 g/mol. The molecule has 1 amide bonds. The van der Waals surface area contributed by atoms with Crippen LogP contribution in [0.15, 0.2) is 42.5 Å². The van der Waals surface area contributed by atoms with E-state index in [1.165, 1.54) is 40.5 Å². The number of hydrogen-bond donors (Lipinski definition) is 1. The molecule has 1 heterocycles. The number of ether oxygens (including phenoxy) is 1. The Balaban J connectivity index is 1.71. The second-order valence-corrected chi connectivity index (χ2v) is 6.54. The SMILES string of the molecule is CN(CC(=O)Nc1ccccc1OC(F)(F)F)c1nc2c(F)cccc2s1. The average Bonchev–Trinajstić information content (AvgIpc) is 3.01. The van der Waals surface area contributed by atoms with E-state index in [1.54, 1.807) is 19.2 Å². The Morgan fingerprint density at radius 1 is 1.22 bits per heavy atom. The molecule has 0 saturated heterocycles. The maximum Gasteiger partial charge on any atom is 0.573 e. The molecule has 0 spiro atoms. The van der Waals surface area contributed by atoms with Crippen molar-refractivity contribution in [1.82, 2.24) is 4.98 Å². The monoisotopic (exact) mass is 399 g/mol. The number of nitrogens with zero attached hydrogens (tertiary/aromatic N) is 2. The first kappa shape index (κ1) is 18.9. The molecule has 0 radical (unpaired) electrons. The summed E-state index contributed by atoms with van der Waals surface area (Å²) in [5.41, 5.74) is 0.0947. The smallest absolute Gasteiger partial charge is 0.404 e. The number of para-hydroxylation sites is 3. The molecule has 2 aromatic carbocycles. The van der Waals surface area contributed by atoms with Gasteiger partial charge < -0.3 is 15.0 Å². The van der Waals surface area contributed by atoms with Gasteiger partial charge in [-0.15, -0.1) is 13.2 Å². The number of alkyl halides is 3. The predicted octanol–water partition coefficient (Wildman–Crippen LogP) is 4.41. The normalized spacial score (nSPS) is 11.4. The Labute approximate surface area is 155 Å². The third-order valence-corrected chi connectivity index (χ3v) is 4.59. The predicted molar refractivity (Wildman–Crippen MR) is 94.6 cm³/mol. The number of rotatable bonds is 5. The topological polar surface area (TPSA) is 54.5 Å². The Morgan fingerprint density at radius 3 is 2.67 bits per heavy atom. The van der Waals surface area contributed by atoms with Crippen LogP contribution in [-0.2, 0) is 4.79 Å². The van der Waals surface area contributed by atoms with E-state index in [9.17, 15) is 22.4 Å². The van der Waals surface area contributed by atoms with Gasteiger partial charge >= 0.3 is 6.36 Å². The molecule has 3 aromatic rings. The molecule has 10 heteroatoms. The lowest BCUT2D eigenvalue weighted by molar-refractivity contribution is -0.274. The van der Waals surface area contributed by atoms with Crippen LogP contribution in [0.25, 0.3) is 10.2 Å². The summed E-state index contributed by atoms with van der Waals surface area (Å²) in [6, 6.07) is 9.78. The van der Waals surface area contributed by atoms with E-state index in [0.717, 1.165) is 6.07 Å². The Kier molecular flexibility index (Phi) is 5.17. The van der Waals surface area contributed by atoms with E-state index in [0.29, 0.717) is 9.83 Å². The number of likely N-dealkylation sites (N-methyl/N-ethyl adjacent to an activating group) is 1. The minimum atomic E-state index is -4.87. The first-order valence-electron chi connectivity index (χ1n) is 7.64. The van der Waals surface area contributed by atoms with Crippen LogP contribution < -0.4 is 15.0 Å².